The van der Waals surface area contributed by atoms with E-state index in [9.17, 15) is 8.78 Å². The number of nitrogens with zero attached hydrogens (tertiary/aromatic N) is 5. The van der Waals surface area contributed by atoms with Crippen molar-refractivity contribution in [1.29, 1.82) is 0 Å². The summed E-state index contributed by atoms with van der Waals surface area (Å²) in [7, 11) is 0. The van der Waals surface area contributed by atoms with Crippen LogP contribution in [0.3, 0.4) is 0 Å². The highest BCUT2D eigenvalue weighted by Gasteiger charge is 2.28. The van der Waals surface area contributed by atoms with Crippen molar-refractivity contribution < 1.29 is 13.5 Å². The summed E-state index contributed by atoms with van der Waals surface area (Å²) >= 11 is 0. The van der Waals surface area contributed by atoms with Crippen LogP contribution in [-0.4, -0.2) is 25.2 Å². The molecule has 0 radical (unpaired) electrons. The number of alkyl halides is 2. The Bertz CT molecular complexity index is 1170. The summed E-state index contributed by atoms with van der Waals surface area (Å²) in [6.07, 6.45) is 1.74. The van der Waals surface area contributed by atoms with E-state index in [1.54, 1.807) is 18.3 Å². The lowest BCUT2D eigenvalue weighted by Gasteiger charge is -2.32. The molecule has 33 heavy (non-hydrogen) atoms. The minimum atomic E-state index is -2.80. The van der Waals surface area contributed by atoms with Gasteiger partial charge in [-0.1, -0.05) is 63.2 Å². The number of tetrazole rings is 1. The average Bonchev–Trinajstić information content (AvgIpc) is 3.29. The molecule has 0 aliphatic carbocycles. The zero-order valence-corrected chi connectivity index (χ0v) is 18.7. The predicted molar refractivity (Wildman–Crippen MR) is 121 cm³/mol. The van der Waals surface area contributed by atoms with E-state index in [1.807, 2.05) is 42.5 Å². The van der Waals surface area contributed by atoms with Gasteiger partial charge in [0.2, 0.25) is 0 Å². The molecule has 0 aliphatic heterocycles. The van der Waals surface area contributed by atoms with Crippen molar-refractivity contribution in [2.75, 3.05) is 0 Å². The molecule has 0 saturated heterocycles. The Kier molecular flexibility index (Phi) is 6.44. The number of rotatable bonds is 7. The van der Waals surface area contributed by atoms with Crippen molar-refractivity contribution in [3.63, 3.8) is 0 Å². The third kappa shape index (κ3) is 5.22. The summed E-state index contributed by atoms with van der Waals surface area (Å²) in [5.41, 5.74) is 3.53. The van der Waals surface area contributed by atoms with Crippen LogP contribution in [0.25, 0.3) is 11.4 Å². The van der Waals surface area contributed by atoms with Gasteiger partial charge in [-0.2, -0.15) is 13.5 Å². The first kappa shape index (κ1) is 22.5. The topological polar surface area (TPSA) is 65.7 Å². The second-order valence-corrected chi connectivity index (χ2v) is 8.82. The van der Waals surface area contributed by atoms with Crippen LogP contribution in [0.1, 0.15) is 50.1 Å². The molecule has 4 aromatic rings. The van der Waals surface area contributed by atoms with Gasteiger partial charge in [0.25, 0.3) is 0 Å². The summed E-state index contributed by atoms with van der Waals surface area (Å²) in [6, 6.07) is 21.2. The predicted octanol–water partition coefficient (Wildman–Crippen LogP) is 5.89. The molecule has 170 valence electrons. The first-order valence-corrected chi connectivity index (χ1v) is 10.6. The lowest BCUT2D eigenvalue weighted by molar-refractivity contribution is 0.0564. The molecule has 6 nitrogen and oxygen atoms in total. The average molecular weight is 450 g/mol. The van der Waals surface area contributed by atoms with Crippen LogP contribution in [0.4, 0.5) is 8.78 Å². The van der Waals surface area contributed by atoms with Crippen molar-refractivity contribution in [2.24, 2.45) is 5.41 Å². The van der Waals surface area contributed by atoms with Gasteiger partial charge in [0.1, 0.15) is 12.4 Å². The van der Waals surface area contributed by atoms with Crippen LogP contribution in [0.2, 0.25) is 0 Å². The molecule has 2 aromatic heterocycles. The molecular weight excluding hydrogens is 424 g/mol. The molecule has 2 aromatic carbocycles. The van der Waals surface area contributed by atoms with Crippen molar-refractivity contribution in [3.8, 4) is 17.1 Å². The zero-order chi connectivity index (χ0) is 23.4. The van der Waals surface area contributed by atoms with E-state index in [-0.39, 0.29) is 17.2 Å². The van der Waals surface area contributed by atoms with Gasteiger partial charge >= 0.3 is 6.55 Å². The van der Waals surface area contributed by atoms with Gasteiger partial charge in [0, 0.05) is 17.7 Å². The molecule has 0 saturated carbocycles. The van der Waals surface area contributed by atoms with Crippen molar-refractivity contribution in [1.82, 2.24) is 25.2 Å². The molecule has 4 rings (SSSR count). The Morgan fingerprint density at radius 3 is 2.15 bits per heavy atom. The Morgan fingerprint density at radius 1 is 0.909 bits per heavy atom. The second kappa shape index (κ2) is 9.44. The normalized spacial score (nSPS) is 12.7. The summed E-state index contributed by atoms with van der Waals surface area (Å²) in [5, 5.41) is 10.5. The number of hydrogen-bond donors (Lipinski definition) is 0. The minimum absolute atomic E-state index is 0.0401. The summed E-state index contributed by atoms with van der Waals surface area (Å²) in [4.78, 5) is 4.27. The fourth-order valence-electron chi connectivity index (χ4n) is 3.93. The Hall–Kier alpha value is -3.68. The number of hydrogen-bond acceptors (Lipinski definition) is 5. The highest BCUT2D eigenvalue weighted by Crippen LogP contribution is 2.41. The number of aromatic nitrogens is 5. The van der Waals surface area contributed by atoms with Crippen molar-refractivity contribution >= 4 is 0 Å². The van der Waals surface area contributed by atoms with Crippen LogP contribution < -0.4 is 4.74 Å². The van der Waals surface area contributed by atoms with Crippen LogP contribution >= 0.6 is 0 Å². The molecule has 0 bridgehead atoms. The van der Waals surface area contributed by atoms with E-state index in [0.717, 1.165) is 22.6 Å². The standard InChI is InChI=1S/C25H25F2N5O/c1-25(2,3)22(17-7-9-19(10-8-17)23-29-30-31-32(23)24(26)27)18-11-13-21(14-12-18)33-16-20-6-4-5-15-28-20/h4-15,22,24H,16H2,1-3H3. The SMILES string of the molecule is CC(C)(C)C(c1ccc(OCc2ccccn2)cc1)c1ccc(-c2nnnn2C(F)F)cc1. The molecular formula is C25H25F2N5O. The number of benzene rings is 2. The molecule has 0 amide bonds. The van der Waals surface area contributed by atoms with E-state index < -0.39 is 6.55 Å². The van der Waals surface area contributed by atoms with Gasteiger partial charge < -0.3 is 4.74 Å². The van der Waals surface area contributed by atoms with E-state index >= 15 is 0 Å². The summed E-state index contributed by atoms with van der Waals surface area (Å²) < 4.78 is 32.6. The van der Waals surface area contributed by atoms with Crippen LogP contribution in [0.5, 0.6) is 5.75 Å². The largest absolute Gasteiger partial charge is 0.487 e. The maximum Gasteiger partial charge on any atom is 0.336 e. The molecule has 1 atom stereocenters. The van der Waals surface area contributed by atoms with Crippen molar-refractivity contribution in [2.45, 2.75) is 39.8 Å². The Labute approximate surface area is 191 Å². The van der Waals surface area contributed by atoms with Crippen molar-refractivity contribution in [3.05, 3.63) is 89.7 Å². The number of pyridine rings is 1. The maximum absolute atomic E-state index is 13.1. The van der Waals surface area contributed by atoms with Crippen LogP contribution in [0.15, 0.2) is 72.9 Å². The molecule has 0 spiro atoms. The molecule has 2 heterocycles. The van der Waals surface area contributed by atoms with E-state index in [0.29, 0.717) is 16.9 Å². The second-order valence-electron chi connectivity index (χ2n) is 8.82. The summed E-state index contributed by atoms with van der Waals surface area (Å²) in [5.74, 6) is 0.895. The van der Waals surface area contributed by atoms with Gasteiger partial charge in [-0.15, -0.1) is 5.10 Å². The lowest BCUT2D eigenvalue weighted by atomic mass is 9.72. The fraction of sp³-hybridized carbons (Fsp3) is 0.280. The van der Waals surface area contributed by atoms with Gasteiger partial charge in [-0.3, -0.25) is 4.98 Å². The van der Waals surface area contributed by atoms with Gasteiger partial charge in [0.15, 0.2) is 5.82 Å². The number of ether oxygens (including phenoxy) is 1. The summed E-state index contributed by atoms with van der Waals surface area (Å²) in [6.45, 7) is 4.13. The third-order valence-corrected chi connectivity index (χ3v) is 5.37. The molecule has 0 fully saturated rings. The van der Waals surface area contributed by atoms with Gasteiger partial charge in [0.05, 0.1) is 5.69 Å². The fourth-order valence-corrected chi connectivity index (χ4v) is 3.93. The molecule has 0 N–H and O–H groups in total. The quantitative estimate of drug-likeness (QED) is 0.352. The molecule has 8 heteroatoms. The van der Waals surface area contributed by atoms with Crippen LogP contribution in [0, 0.1) is 5.41 Å². The first-order chi connectivity index (χ1) is 15.8. The first-order valence-electron chi connectivity index (χ1n) is 10.6. The smallest absolute Gasteiger partial charge is 0.336 e. The van der Waals surface area contributed by atoms with Crippen LogP contribution in [-0.2, 0) is 6.61 Å². The highest BCUT2D eigenvalue weighted by molar-refractivity contribution is 5.56. The minimum Gasteiger partial charge on any atom is -0.487 e. The molecule has 0 aliphatic rings. The van der Waals surface area contributed by atoms with E-state index in [1.165, 1.54) is 0 Å². The lowest BCUT2D eigenvalue weighted by Crippen LogP contribution is -2.19. The monoisotopic (exact) mass is 449 g/mol. The zero-order valence-electron chi connectivity index (χ0n) is 18.7. The van der Waals surface area contributed by atoms with Gasteiger partial charge in [-0.25, -0.2) is 0 Å². The number of halogens is 2. The Morgan fingerprint density at radius 2 is 1.58 bits per heavy atom. The Balaban J connectivity index is 1.55. The maximum atomic E-state index is 13.1. The van der Waals surface area contributed by atoms with Gasteiger partial charge in [-0.05, 0) is 51.2 Å². The van der Waals surface area contributed by atoms with E-state index in [2.05, 4.69) is 53.4 Å². The van der Waals surface area contributed by atoms with E-state index in [4.69, 9.17) is 4.74 Å². The molecule has 1 unspecified atom stereocenters. The highest BCUT2D eigenvalue weighted by atomic mass is 19.3. The third-order valence-electron chi connectivity index (χ3n) is 5.37.